The molecule has 0 amide bonds. The van der Waals surface area contributed by atoms with E-state index in [2.05, 4.69) is 111 Å². The Morgan fingerprint density at radius 1 is 0.423 bits per heavy atom. The Bertz CT molecular complexity index is 1030. The molecular weight excluding hydrogens is 312 g/mol. The zero-order chi connectivity index (χ0) is 17.9. The van der Waals surface area contributed by atoms with Crippen LogP contribution in [0.4, 0.5) is 0 Å². The van der Waals surface area contributed by atoms with Gasteiger partial charge in [-0.25, -0.2) is 0 Å². The standard InChI is InChI=1S/C26H22/c1-19-16-17-23(21-11-5-3-6-12-21)18-25(19)26-20(2)10-9-15-24(26)22-13-7-4-8-14-22/h3-18H,1-2H3. The summed E-state index contributed by atoms with van der Waals surface area (Å²) in [4.78, 5) is 0. The lowest BCUT2D eigenvalue weighted by Crippen LogP contribution is -1.92. The van der Waals surface area contributed by atoms with Gasteiger partial charge >= 0.3 is 0 Å². The molecule has 0 bridgehead atoms. The third kappa shape index (κ3) is 3.07. The SMILES string of the molecule is Cc1ccc(-c2ccccc2)cc1-c1c(C)cccc1-c1ccccc1. The molecule has 0 N–H and O–H groups in total. The zero-order valence-electron chi connectivity index (χ0n) is 15.2. The maximum atomic E-state index is 2.33. The lowest BCUT2D eigenvalue weighted by atomic mass is 9.87. The number of hydrogen-bond donors (Lipinski definition) is 0. The maximum Gasteiger partial charge on any atom is -0.00732 e. The molecule has 4 aromatic carbocycles. The second kappa shape index (κ2) is 7.01. The van der Waals surface area contributed by atoms with Crippen molar-refractivity contribution in [3.05, 3.63) is 108 Å². The molecule has 0 saturated carbocycles. The number of hydrogen-bond acceptors (Lipinski definition) is 0. The average molecular weight is 334 g/mol. The molecule has 126 valence electrons. The summed E-state index contributed by atoms with van der Waals surface area (Å²) < 4.78 is 0. The Kier molecular flexibility index (Phi) is 4.41. The van der Waals surface area contributed by atoms with E-state index in [1.807, 2.05) is 0 Å². The molecule has 0 aliphatic rings. The molecule has 0 aromatic heterocycles. The summed E-state index contributed by atoms with van der Waals surface area (Å²) >= 11 is 0. The molecule has 26 heavy (non-hydrogen) atoms. The van der Waals surface area contributed by atoms with Gasteiger partial charge in [0, 0.05) is 0 Å². The fourth-order valence-electron chi connectivity index (χ4n) is 3.59. The first-order valence-electron chi connectivity index (χ1n) is 9.05. The van der Waals surface area contributed by atoms with Gasteiger partial charge in [0.2, 0.25) is 0 Å². The van der Waals surface area contributed by atoms with Crippen LogP contribution in [-0.2, 0) is 0 Å². The molecule has 0 fully saturated rings. The minimum atomic E-state index is 1.25. The van der Waals surface area contributed by atoms with Crippen LogP contribution in [0.25, 0.3) is 33.4 Å². The van der Waals surface area contributed by atoms with Gasteiger partial charge in [0.25, 0.3) is 0 Å². The summed E-state index contributed by atoms with van der Waals surface area (Å²) in [7, 11) is 0. The predicted molar refractivity (Wildman–Crippen MR) is 112 cm³/mol. The smallest absolute Gasteiger partial charge is 0.00732 e. The van der Waals surface area contributed by atoms with E-state index < -0.39 is 0 Å². The first-order chi connectivity index (χ1) is 12.7. The second-order valence-corrected chi connectivity index (χ2v) is 6.76. The quantitative estimate of drug-likeness (QED) is 0.368. The van der Waals surface area contributed by atoms with E-state index in [0.717, 1.165) is 0 Å². The van der Waals surface area contributed by atoms with Gasteiger partial charge in [-0.15, -0.1) is 0 Å². The van der Waals surface area contributed by atoms with Crippen LogP contribution in [0.15, 0.2) is 97.1 Å². The third-order valence-electron chi connectivity index (χ3n) is 4.97. The minimum Gasteiger partial charge on any atom is -0.0622 e. The molecule has 0 heterocycles. The minimum absolute atomic E-state index is 1.25. The molecule has 0 spiro atoms. The van der Waals surface area contributed by atoms with E-state index in [0.29, 0.717) is 0 Å². The van der Waals surface area contributed by atoms with Crippen LogP contribution in [0, 0.1) is 13.8 Å². The van der Waals surface area contributed by atoms with Crippen molar-refractivity contribution >= 4 is 0 Å². The van der Waals surface area contributed by atoms with Crippen molar-refractivity contribution in [3.63, 3.8) is 0 Å². The highest BCUT2D eigenvalue weighted by molar-refractivity contribution is 5.88. The lowest BCUT2D eigenvalue weighted by molar-refractivity contribution is 1.40. The van der Waals surface area contributed by atoms with Crippen molar-refractivity contribution in [2.45, 2.75) is 13.8 Å². The first-order valence-corrected chi connectivity index (χ1v) is 9.05. The Labute approximate surface area is 155 Å². The largest absolute Gasteiger partial charge is 0.0622 e. The van der Waals surface area contributed by atoms with Gasteiger partial charge in [-0.1, -0.05) is 91.0 Å². The fraction of sp³-hybridized carbons (Fsp3) is 0.0769. The summed E-state index contributed by atoms with van der Waals surface area (Å²) in [5.74, 6) is 0. The summed E-state index contributed by atoms with van der Waals surface area (Å²) in [6, 6.07) is 34.6. The van der Waals surface area contributed by atoms with Gasteiger partial charge in [0.05, 0.1) is 0 Å². The van der Waals surface area contributed by atoms with Gasteiger partial charge in [0.15, 0.2) is 0 Å². The average Bonchev–Trinajstić information content (AvgIpc) is 2.70. The Balaban J connectivity index is 1.94. The highest BCUT2D eigenvalue weighted by Crippen LogP contribution is 2.38. The molecular formula is C26H22. The van der Waals surface area contributed by atoms with Crippen LogP contribution in [0.1, 0.15) is 11.1 Å². The summed E-state index contributed by atoms with van der Waals surface area (Å²) in [5.41, 5.74) is 10.3. The highest BCUT2D eigenvalue weighted by Gasteiger charge is 2.13. The van der Waals surface area contributed by atoms with Crippen LogP contribution in [0.3, 0.4) is 0 Å². The van der Waals surface area contributed by atoms with Crippen LogP contribution in [0.2, 0.25) is 0 Å². The summed E-state index contributed by atoms with van der Waals surface area (Å²) in [6.45, 7) is 4.40. The van der Waals surface area contributed by atoms with Crippen LogP contribution in [0.5, 0.6) is 0 Å². The molecule has 0 unspecified atom stereocenters. The Hall–Kier alpha value is -3.12. The van der Waals surface area contributed by atoms with Gasteiger partial charge < -0.3 is 0 Å². The van der Waals surface area contributed by atoms with Crippen LogP contribution < -0.4 is 0 Å². The normalized spacial score (nSPS) is 10.7. The van der Waals surface area contributed by atoms with Crippen molar-refractivity contribution in [2.24, 2.45) is 0 Å². The molecule has 0 saturated heterocycles. The topological polar surface area (TPSA) is 0 Å². The van der Waals surface area contributed by atoms with E-state index in [4.69, 9.17) is 0 Å². The number of aryl methyl sites for hydroxylation is 2. The Morgan fingerprint density at radius 3 is 1.77 bits per heavy atom. The van der Waals surface area contributed by atoms with Crippen molar-refractivity contribution in [1.29, 1.82) is 0 Å². The van der Waals surface area contributed by atoms with Crippen molar-refractivity contribution in [1.82, 2.24) is 0 Å². The molecule has 0 aliphatic heterocycles. The van der Waals surface area contributed by atoms with E-state index >= 15 is 0 Å². The van der Waals surface area contributed by atoms with E-state index in [-0.39, 0.29) is 0 Å². The van der Waals surface area contributed by atoms with E-state index in [1.165, 1.54) is 44.5 Å². The molecule has 0 nitrogen and oxygen atoms in total. The van der Waals surface area contributed by atoms with Crippen molar-refractivity contribution in [2.75, 3.05) is 0 Å². The molecule has 0 atom stereocenters. The van der Waals surface area contributed by atoms with Gasteiger partial charge in [-0.3, -0.25) is 0 Å². The Morgan fingerprint density at radius 2 is 1.08 bits per heavy atom. The first kappa shape index (κ1) is 16.4. The highest BCUT2D eigenvalue weighted by atomic mass is 14.2. The maximum absolute atomic E-state index is 2.33. The lowest BCUT2D eigenvalue weighted by Gasteiger charge is -2.17. The molecule has 0 heteroatoms. The zero-order valence-corrected chi connectivity index (χ0v) is 15.2. The number of benzene rings is 4. The predicted octanol–water partition coefficient (Wildman–Crippen LogP) is 7.30. The molecule has 0 radical (unpaired) electrons. The molecule has 4 aromatic rings. The summed E-state index contributed by atoms with van der Waals surface area (Å²) in [5, 5.41) is 0. The number of rotatable bonds is 3. The van der Waals surface area contributed by atoms with Crippen LogP contribution >= 0.6 is 0 Å². The van der Waals surface area contributed by atoms with Crippen molar-refractivity contribution in [3.8, 4) is 33.4 Å². The van der Waals surface area contributed by atoms with E-state index in [1.54, 1.807) is 0 Å². The van der Waals surface area contributed by atoms with Crippen molar-refractivity contribution < 1.29 is 0 Å². The van der Waals surface area contributed by atoms with Crippen LogP contribution in [-0.4, -0.2) is 0 Å². The van der Waals surface area contributed by atoms with E-state index in [9.17, 15) is 0 Å². The van der Waals surface area contributed by atoms with Gasteiger partial charge in [0.1, 0.15) is 0 Å². The summed E-state index contributed by atoms with van der Waals surface area (Å²) in [6.07, 6.45) is 0. The molecule has 0 aliphatic carbocycles. The van der Waals surface area contributed by atoms with Gasteiger partial charge in [-0.2, -0.15) is 0 Å². The monoisotopic (exact) mass is 334 g/mol. The fourth-order valence-corrected chi connectivity index (χ4v) is 3.59. The third-order valence-corrected chi connectivity index (χ3v) is 4.97. The second-order valence-electron chi connectivity index (χ2n) is 6.76. The van der Waals surface area contributed by atoms with Gasteiger partial charge in [-0.05, 0) is 64.4 Å². The molecule has 4 rings (SSSR count).